The molecule has 2 aromatic heterocycles. The van der Waals surface area contributed by atoms with Gasteiger partial charge in [-0.2, -0.15) is 0 Å². The lowest BCUT2D eigenvalue weighted by Crippen LogP contribution is -2.34. The molecule has 0 amide bonds. The third-order valence-corrected chi connectivity index (χ3v) is 5.02. The third-order valence-electron chi connectivity index (χ3n) is 5.02. The Morgan fingerprint density at radius 1 is 1.33 bits per heavy atom. The van der Waals surface area contributed by atoms with Crippen LogP contribution >= 0.6 is 0 Å². The van der Waals surface area contributed by atoms with Crippen LogP contribution in [-0.4, -0.2) is 61.2 Å². The highest BCUT2D eigenvalue weighted by Gasteiger charge is 2.31. The number of aromatic nitrogens is 5. The van der Waals surface area contributed by atoms with Crippen molar-refractivity contribution >= 4 is 0 Å². The van der Waals surface area contributed by atoms with Crippen LogP contribution in [0.3, 0.4) is 0 Å². The summed E-state index contributed by atoms with van der Waals surface area (Å²) >= 11 is 0. The Morgan fingerprint density at radius 2 is 2.21 bits per heavy atom. The summed E-state index contributed by atoms with van der Waals surface area (Å²) in [5.74, 6) is 2.77. The van der Waals surface area contributed by atoms with E-state index in [4.69, 9.17) is 4.42 Å². The number of tetrazole rings is 1. The van der Waals surface area contributed by atoms with Gasteiger partial charge >= 0.3 is 0 Å². The minimum absolute atomic E-state index is 0.521. The molecule has 24 heavy (non-hydrogen) atoms. The maximum atomic E-state index is 5.73. The molecule has 4 rings (SSSR count). The summed E-state index contributed by atoms with van der Waals surface area (Å²) in [5.41, 5.74) is 0. The predicted octanol–water partition coefficient (Wildman–Crippen LogP) is 1.26. The summed E-state index contributed by atoms with van der Waals surface area (Å²) in [6.07, 6.45) is 6.30. The summed E-state index contributed by atoms with van der Waals surface area (Å²) in [6, 6.07) is 1.06. The van der Waals surface area contributed by atoms with Crippen molar-refractivity contribution in [3.8, 4) is 0 Å². The largest absolute Gasteiger partial charge is 0.444 e. The number of rotatable bonds is 7. The van der Waals surface area contributed by atoms with Gasteiger partial charge in [0.25, 0.3) is 0 Å². The lowest BCUT2D eigenvalue weighted by atomic mass is 10.2. The van der Waals surface area contributed by atoms with E-state index in [0.717, 1.165) is 56.5 Å². The summed E-state index contributed by atoms with van der Waals surface area (Å²) in [4.78, 5) is 9.15. The molecule has 1 aliphatic carbocycles. The van der Waals surface area contributed by atoms with Crippen molar-refractivity contribution in [3.05, 3.63) is 23.7 Å². The smallest absolute Gasteiger partial charge is 0.208 e. The number of hydrogen-bond donors (Lipinski definition) is 0. The quantitative estimate of drug-likeness (QED) is 0.756. The second-order valence-corrected chi connectivity index (χ2v) is 6.94. The normalized spacial score (nSPS) is 21.9. The van der Waals surface area contributed by atoms with Gasteiger partial charge in [-0.3, -0.25) is 9.80 Å². The van der Waals surface area contributed by atoms with Crippen LogP contribution in [0.1, 0.15) is 49.7 Å². The molecular formula is C16H25N7O. The van der Waals surface area contributed by atoms with Crippen LogP contribution in [0.2, 0.25) is 0 Å². The van der Waals surface area contributed by atoms with Crippen LogP contribution in [0.5, 0.6) is 0 Å². The van der Waals surface area contributed by atoms with E-state index < -0.39 is 0 Å². The van der Waals surface area contributed by atoms with Crippen LogP contribution in [0, 0.1) is 0 Å². The number of nitrogens with zero attached hydrogens (tertiary/aromatic N) is 7. The molecule has 0 N–H and O–H groups in total. The van der Waals surface area contributed by atoms with Crippen molar-refractivity contribution in [2.45, 2.75) is 57.8 Å². The predicted molar refractivity (Wildman–Crippen MR) is 87.1 cm³/mol. The Hall–Kier alpha value is -1.80. The summed E-state index contributed by atoms with van der Waals surface area (Å²) in [5, 5.41) is 12.2. The number of oxazole rings is 1. The van der Waals surface area contributed by atoms with Crippen molar-refractivity contribution < 1.29 is 4.42 Å². The van der Waals surface area contributed by atoms with Gasteiger partial charge in [0.05, 0.1) is 25.3 Å². The van der Waals surface area contributed by atoms with Crippen molar-refractivity contribution in [1.82, 2.24) is 35.0 Å². The molecule has 0 radical (unpaired) electrons. The monoisotopic (exact) mass is 331 g/mol. The Labute approximate surface area is 141 Å². The van der Waals surface area contributed by atoms with Crippen LogP contribution in [0.15, 0.2) is 10.6 Å². The zero-order valence-electron chi connectivity index (χ0n) is 14.4. The zero-order chi connectivity index (χ0) is 16.5. The summed E-state index contributed by atoms with van der Waals surface area (Å²) < 4.78 is 7.74. The maximum Gasteiger partial charge on any atom is 0.208 e. The van der Waals surface area contributed by atoms with Gasteiger partial charge < -0.3 is 4.42 Å². The van der Waals surface area contributed by atoms with E-state index in [9.17, 15) is 0 Å². The highest BCUT2D eigenvalue weighted by atomic mass is 16.4. The van der Waals surface area contributed by atoms with Gasteiger partial charge in [0.15, 0.2) is 5.82 Å². The number of aryl methyl sites for hydroxylation is 1. The van der Waals surface area contributed by atoms with E-state index >= 15 is 0 Å². The van der Waals surface area contributed by atoms with Crippen LogP contribution < -0.4 is 0 Å². The molecular weight excluding hydrogens is 306 g/mol. The fourth-order valence-corrected chi connectivity index (χ4v) is 3.36. The third kappa shape index (κ3) is 3.34. The average molecular weight is 331 g/mol. The molecule has 0 aromatic carbocycles. The molecule has 1 saturated heterocycles. The van der Waals surface area contributed by atoms with Gasteiger partial charge in [-0.05, 0) is 36.7 Å². The van der Waals surface area contributed by atoms with Gasteiger partial charge in [-0.1, -0.05) is 6.92 Å². The SMILES string of the molecule is CCc1cnc(CN(C)[C@@H]2CCN(Cc3nnnn3C3CC3)C2)o1. The molecule has 1 aliphatic heterocycles. The van der Waals surface area contributed by atoms with E-state index in [0.29, 0.717) is 12.1 Å². The molecule has 8 heteroatoms. The van der Waals surface area contributed by atoms with Gasteiger partial charge in [-0.25, -0.2) is 9.67 Å². The molecule has 8 nitrogen and oxygen atoms in total. The van der Waals surface area contributed by atoms with Crippen LogP contribution in [-0.2, 0) is 19.5 Å². The number of hydrogen-bond acceptors (Lipinski definition) is 7. The van der Waals surface area contributed by atoms with Gasteiger partial charge in [0.1, 0.15) is 5.76 Å². The maximum absolute atomic E-state index is 5.73. The summed E-state index contributed by atoms with van der Waals surface area (Å²) in [6.45, 7) is 5.80. The van der Waals surface area contributed by atoms with Crippen molar-refractivity contribution in [2.24, 2.45) is 0 Å². The molecule has 1 saturated carbocycles. The fourth-order valence-electron chi connectivity index (χ4n) is 3.36. The Morgan fingerprint density at radius 3 is 2.96 bits per heavy atom. The number of likely N-dealkylation sites (tertiary alicyclic amines) is 1. The molecule has 130 valence electrons. The fraction of sp³-hybridized carbons (Fsp3) is 0.750. The highest BCUT2D eigenvalue weighted by Crippen LogP contribution is 2.34. The first-order chi connectivity index (χ1) is 11.7. The minimum atomic E-state index is 0.521. The minimum Gasteiger partial charge on any atom is -0.444 e. The second kappa shape index (κ2) is 6.60. The molecule has 2 aromatic rings. The lowest BCUT2D eigenvalue weighted by molar-refractivity contribution is 0.202. The molecule has 1 atom stereocenters. The van der Waals surface area contributed by atoms with Gasteiger partial charge in [0, 0.05) is 25.6 Å². The van der Waals surface area contributed by atoms with Gasteiger partial charge in [-0.15, -0.1) is 5.10 Å². The Bertz CT molecular complexity index is 678. The lowest BCUT2D eigenvalue weighted by Gasteiger charge is -2.23. The van der Waals surface area contributed by atoms with Crippen molar-refractivity contribution in [2.75, 3.05) is 20.1 Å². The highest BCUT2D eigenvalue weighted by molar-refractivity contribution is 4.95. The average Bonchev–Trinajstić information content (AvgIpc) is 3.01. The standard InChI is InChI=1S/C16H25N7O/c1-3-14-8-17-16(24-14)11-21(2)13-6-7-22(9-13)10-15-18-19-20-23(15)12-4-5-12/h8,12-13H,3-7,9-11H2,1-2H3/t13-/m1/s1. The van der Waals surface area contributed by atoms with E-state index in [1.54, 1.807) is 0 Å². The Balaban J connectivity index is 1.31. The van der Waals surface area contributed by atoms with E-state index in [1.807, 2.05) is 10.9 Å². The van der Waals surface area contributed by atoms with E-state index in [2.05, 4.69) is 44.3 Å². The number of likely N-dealkylation sites (N-methyl/N-ethyl adjacent to an activating group) is 1. The molecule has 2 aliphatic rings. The first kappa shape index (κ1) is 15.7. The van der Waals surface area contributed by atoms with Crippen LogP contribution in [0.4, 0.5) is 0 Å². The first-order valence-corrected chi connectivity index (χ1v) is 8.86. The molecule has 2 fully saturated rings. The molecule has 0 unspecified atom stereocenters. The summed E-state index contributed by atoms with van der Waals surface area (Å²) in [7, 11) is 2.15. The zero-order valence-corrected chi connectivity index (χ0v) is 14.4. The van der Waals surface area contributed by atoms with Crippen LogP contribution in [0.25, 0.3) is 0 Å². The topological polar surface area (TPSA) is 76.1 Å². The van der Waals surface area contributed by atoms with E-state index in [1.165, 1.54) is 12.8 Å². The molecule has 0 spiro atoms. The molecule has 0 bridgehead atoms. The second-order valence-electron chi connectivity index (χ2n) is 6.94. The first-order valence-electron chi connectivity index (χ1n) is 8.86. The van der Waals surface area contributed by atoms with Crippen molar-refractivity contribution in [1.29, 1.82) is 0 Å². The van der Waals surface area contributed by atoms with E-state index in [-0.39, 0.29) is 0 Å². The molecule has 3 heterocycles. The van der Waals surface area contributed by atoms with Crippen molar-refractivity contribution in [3.63, 3.8) is 0 Å². The Kier molecular flexibility index (Phi) is 4.32. The van der Waals surface area contributed by atoms with Gasteiger partial charge in [0.2, 0.25) is 5.89 Å².